The molecule has 0 aliphatic heterocycles. The number of hydrogen-bond donors (Lipinski definition) is 2. The SMILES string of the molecule is O=C(Nc1ccc(Br)cc1C(=O)O)c1ccc(Br)cn1. The maximum Gasteiger partial charge on any atom is 0.337 e. The van der Waals surface area contributed by atoms with Crippen LogP contribution in [0.5, 0.6) is 0 Å². The highest BCUT2D eigenvalue weighted by Crippen LogP contribution is 2.21. The van der Waals surface area contributed by atoms with Crippen LogP contribution < -0.4 is 5.32 Å². The summed E-state index contributed by atoms with van der Waals surface area (Å²) >= 11 is 6.41. The summed E-state index contributed by atoms with van der Waals surface area (Å²) in [7, 11) is 0. The Bertz CT molecular complexity index is 672. The molecular weight excluding hydrogens is 392 g/mol. The van der Waals surface area contributed by atoms with Gasteiger partial charge in [0.05, 0.1) is 11.3 Å². The van der Waals surface area contributed by atoms with Gasteiger partial charge >= 0.3 is 5.97 Å². The first kappa shape index (κ1) is 14.7. The van der Waals surface area contributed by atoms with Gasteiger partial charge in [-0.15, -0.1) is 0 Å². The van der Waals surface area contributed by atoms with Crippen molar-refractivity contribution >= 4 is 49.4 Å². The van der Waals surface area contributed by atoms with Gasteiger partial charge in [0.2, 0.25) is 0 Å². The third-order valence-electron chi connectivity index (χ3n) is 2.42. The van der Waals surface area contributed by atoms with Crippen LogP contribution in [-0.4, -0.2) is 22.0 Å². The monoisotopic (exact) mass is 398 g/mol. The Kier molecular flexibility index (Phi) is 4.51. The number of benzene rings is 1. The number of carboxylic acid groups (broad SMARTS) is 1. The summed E-state index contributed by atoms with van der Waals surface area (Å²) in [5.74, 6) is -1.59. The summed E-state index contributed by atoms with van der Waals surface area (Å²) < 4.78 is 1.37. The zero-order valence-electron chi connectivity index (χ0n) is 9.93. The minimum Gasteiger partial charge on any atom is -0.478 e. The Hall–Kier alpha value is -1.73. The number of nitrogens with zero attached hydrogens (tertiary/aromatic N) is 1. The first-order valence-electron chi connectivity index (χ1n) is 5.43. The van der Waals surface area contributed by atoms with Crippen molar-refractivity contribution < 1.29 is 14.7 Å². The molecule has 0 atom stereocenters. The number of halogens is 2. The molecule has 0 aliphatic carbocycles. The van der Waals surface area contributed by atoms with Crippen molar-refractivity contribution in [2.45, 2.75) is 0 Å². The lowest BCUT2D eigenvalue weighted by Gasteiger charge is -2.08. The number of hydrogen-bond acceptors (Lipinski definition) is 3. The molecule has 0 bridgehead atoms. The number of anilines is 1. The Balaban J connectivity index is 2.28. The Labute approximate surface area is 131 Å². The number of pyridine rings is 1. The minimum atomic E-state index is -1.12. The molecule has 7 heteroatoms. The number of amides is 1. The molecule has 1 aromatic heterocycles. The largest absolute Gasteiger partial charge is 0.478 e. The fraction of sp³-hybridized carbons (Fsp3) is 0. The van der Waals surface area contributed by atoms with Crippen molar-refractivity contribution in [1.29, 1.82) is 0 Å². The normalized spacial score (nSPS) is 10.1. The van der Waals surface area contributed by atoms with Crippen molar-refractivity contribution in [1.82, 2.24) is 4.98 Å². The van der Waals surface area contributed by atoms with Gasteiger partial charge in [0, 0.05) is 15.1 Å². The van der Waals surface area contributed by atoms with Crippen LogP contribution in [0.25, 0.3) is 0 Å². The number of rotatable bonds is 3. The molecule has 102 valence electrons. The lowest BCUT2D eigenvalue weighted by atomic mass is 10.1. The summed E-state index contributed by atoms with van der Waals surface area (Å²) in [6, 6.07) is 7.81. The lowest BCUT2D eigenvalue weighted by Crippen LogP contribution is -2.16. The van der Waals surface area contributed by atoms with Crippen molar-refractivity contribution in [2.24, 2.45) is 0 Å². The van der Waals surface area contributed by atoms with E-state index < -0.39 is 11.9 Å². The molecule has 1 amide bonds. The molecule has 0 fully saturated rings. The van der Waals surface area contributed by atoms with Crippen molar-refractivity contribution in [3.63, 3.8) is 0 Å². The van der Waals surface area contributed by atoms with Gasteiger partial charge in [0.15, 0.2) is 0 Å². The van der Waals surface area contributed by atoms with Crippen LogP contribution in [0, 0.1) is 0 Å². The predicted molar refractivity (Wildman–Crippen MR) is 81.0 cm³/mol. The number of carbonyl (C=O) groups is 2. The van der Waals surface area contributed by atoms with Crippen LogP contribution in [0.15, 0.2) is 45.5 Å². The number of carboxylic acids is 1. The molecule has 20 heavy (non-hydrogen) atoms. The zero-order valence-corrected chi connectivity index (χ0v) is 13.1. The number of aromatic nitrogens is 1. The van der Waals surface area contributed by atoms with Gasteiger partial charge < -0.3 is 10.4 Å². The number of nitrogens with one attached hydrogen (secondary N) is 1. The lowest BCUT2D eigenvalue weighted by molar-refractivity contribution is 0.0698. The van der Waals surface area contributed by atoms with E-state index in [0.29, 0.717) is 4.47 Å². The van der Waals surface area contributed by atoms with Gasteiger partial charge in [0.1, 0.15) is 5.69 Å². The zero-order chi connectivity index (χ0) is 14.7. The molecular formula is C13H8Br2N2O3. The smallest absolute Gasteiger partial charge is 0.337 e. The standard InChI is InChI=1S/C13H8Br2N2O3/c14-7-1-3-10(9(5-7)13(19)20)17-12(18)11-4-2-8(15)6-16-11/h1-6H,(H,17,18)(H,19,20). The summed E-state index contributed by atoms with van der Waals surface area (Å²) in [6.45, 7) is 0. The predicted octanol–water partition coefficient (Wildman–Crippen LogP) is 3.56. The number of aromatic carboxylic acids is 1. The van der Waals surface area contributed by atoms with Crippen LogP contribution in [0.4, 0.5) is 5.69 Å². The van der Waals surface area contributed by atoms with Gasteiger partial charge in [-0.25, -0.2) is 9.78 Å². The molecule has 1 heterocycles. The molecule has 5 nitrogen and oxygen atoms in total. The summed E-state index contributed by atoms with van der Waals surface area (Å²) in [5, 5.41) is 11.7. The van der Waals surface area contributed by atoms with Gasteiger partial charge in [-0.1, -0.05) is 15.9 Å². The summed E-state index contributed by atoms with van der Waals surface area (Å²) in [6.07, 6.45) is 1.49. The van der Waals surface area contributed by atoms with Gasteiger partial charge in [-0.2, -0.15) is 0 Å². The molecule has 0 saturated carbocycles. The second kappa shape index (κ2) is 6.15. The van der Waals surface area contributed by atoms with Crippen LogP contribution in [0.2, 0.25) is 0 Å². The van der Waals surface area contributed by atoms with Crippen molar-refractivity contribution in [2.75, 3.05) is 5.32 Å². The Morgan fingerprint density at radius 3 is 2.40 bits per heavy atom. The second-order valence-electron chi connectivity index (χ2n) is 3.81. The molecule has 0 saturated heterocycles. The first-order valence-corrected chi connectivity index (χ1v) is 7.02. The molecule has 1 aromatic carbocycles. The molecule has 0 radical (unpaired) electrons. The third kappa shape index (κ3) is 3.43. The molecule has 2 rings (SSSR count). The fourth-order valence-corrected chi connectivity index (χ4v) is 2.09. The maximum atomic E-state index is 12.0. The summed E-state index contributed by atoms with van der Waals surface area (Å²) in [5.41, 5.74) is 0.424. The van der Waals surface area contributed by atoms with E-state index in [0.717, 1.165) is 4.47 Å². The second-order valence-corrected chi connectivity index (χ2v) is 5.64. The van der Waals surface area contributed by atoms with Crippen LogP contribution in [0.3, 0.4) is 0 Å². The molecule has 0 spiro atoms. The third-order valence-corrected chi connectivity index (χ3v) is 3.38. The minimum absolute atomic E-state index is 0.00448. The quantitative estimate of drug-likeness (QED) is 0.826. The highest BCUT2D eigenvalue weighted by molar-refractivity contribution is 9.10. The topological polar surface area (TPSA) is 79.3 Å². The van der Waals surface area contributed by atoms with Gasteiger partial charge in [-0.05, 0) is 46.3 Å². The van der Waals surface area contributed by atoms with E-state index in [2.05, 4.69) is 42.2 Å². The van der Waals surface area contributed by atoms with Crippen molar-refractivity contribution in [3.05, 3.63) is 56.7 Å². The summed E-state index contributed by atoms with van der Waals surface area (Å²) in [4.78, 5) is 27.1. The number of carbonyl (C=O) groups excluding carboxylic acids is 1. The van der Waals surface area contributed by atoms with Crippen LogP contribution in [0.1, 0.15) is 20.8 Å². The van der Waals surface area contributed by atoms with Gasteiger partial charge in [-0.3, -0.25) is 4.79 Å². The molecule has 0 unspecified atom stereocenters. The van der Waals surface area contributed by atoms with E-state index in [1.54, 1.807) is 18.2 Å². The average Bonchev–Trinajstić information content (AvgIpc) is 2.41. The van der Waals surface area contributed by atoms with E-state index >= 15 is 0 Å². The molecule has 2 aromatic rings. The van der Waals surface area contributed by atoms with Crippen molar-refractivity contribution in [3.8, 4) is 0 Å². The Morgan fingerprint density at radius 2 is 1.80 bits per heavy atom. The molecule has 0 aliphatic rings. The van der Waals surface area contributed by atoms with E-state index in [1.165, 1.54) is 18.3 Å². The van der Waals surface area contributed by atoms with Crippen LogP contribution >= 0.6 is 31.9 Å². The van der Waals surface area contributed by atoms with E-state index in [-0.39, 0.29) is 16.9 Å². The van der Waals surface area contributed by atoms with E-state index in [9.17, 15) is 9.59 Å². The maximum absolute atomic E-state index is 12.0. The van der Waals surface area contributed by atoms with Gasteiger partial charge in [0.25, 0.3) is 5.91 Å². The average molecular weight is 400 g/mol. The highest BCUT2D eigenvalue weighted by Gasteiger charge is 2.14. The van der Waals surface area contributed by atoms with E-state index in [4.69, 9.17) is 5.11 Å². The Morgan fingerprint density at radius 1 is 1.10 bits per heavy atom. The fourth-order valence-electron chi connectivity index (χ4n) is 1.50. The first-order chi connectivity index (χ1) is 9.47. The molecule has 2 N–H and O–H groups in total. The highest BCUT2D eigenvalue weighted by atomic mass is 79.9. The van der Waals surface area contributed by atoms with Crippen LogP contribution in [-0.2, 0) is 0 Å². The van der Waals surface area contributed by atoms with E-state index in [1.807, 2.05) is 0 Å².